The minimum Gasteiger partial charge on any atom is -0.338 e. The fourth-order valence-corrected chi connectivity index (χ4v) is 4.43. The number of aromatic nitrogens is 2. The molecule has 2 aliphatic heterocycles. The summed E-state index contributed by atoms with van der Waals surface area (Å²) in [6, 6.07) is 0.401. The number of alkyl halides is 3. The molecule has 3 heterocycles. The molecule has 0 radical (unpaired) electrons. The van der Waals surface area contributed by atoms with E-state index in [9.17, 15) is 18.0 Å². The predicted molar refractivity (Wildman–Crippen MR) is 88.1 cm³/mol. The number of piperidine rings is 1. The molecule has 0 bridgehead atoms. The molecule has 1 spiro atoms. The second-order valence-corrected chi connectivity index (χ2v) is 7.69. The summed E-state index contributed by atoms with van der Waals surface area (Å²) in [5, 5.41) is 0. The molecule has 4 rings (SSSR count). The third kappa shape index (κ3) is 2.98. The lowest BCUT2D eigenvalue weighted by atomic mass is 9.85. The maximum atomic E-state index is 13.2. The Bertz CT molecular complexity index is 719. The number of rotatable bonds is 3. The largest absolute Gasteiger partial charge is 0.451 e. The van der Waals surface area contributed by atoms with Gasteiger partial charge in [0.2, 0.25) is 11.7 Å². The Morgan fingerprint density at radius 2 is 1.92 bits per heavy atom. The Kier molecular flexibility index (Phi) is 4.21. The van der Waals surface area contributed by atoms with Crippen LogP contribution < -0.4 is 0 Å². The minimum atomic E-state index is -4.54. The van der Waals surface area contributed by atoms with Gasteiger partial charge in [0.15, 0.2) is 0 Å². The standard InChI is InChI=1S/C18H23F3N4O/c1-12-13(10-22-15(23-12)18(19,20)21)11-24-8-2-6-17(24)7-3-9-25(16(17)26)14-4-5-14/h10,14H,2-9,11H2,1H3. The van der Waals surface area contributed by atoms with Gasteiger partial charge in [-0.3, -0.25) is 9.69 Å². The van der Waals surface area contributed by atoms with E-state index in [1.807, 2.05) is 4.90 Å². The third-order valence-corrected chi connectivity index (χ3v) is 5.96. The van der Waals surface area contributed by atoms with Crippen molar-refractivity contribution in [3.05, 3.63) is 23.3 Å². The smallest absolute Gasteiger partial charge is 0.338 e. The van der Waals surface area contributed by atoms with Gasteiger partial charge in [-0.1, -0.05) is 0 Å². The SMILES string of the molecule is Cc1nc(C(F)(F)F)ncc1CN1CCCC12CCCN(C1CC1)C2=O. The highest BCUT2D eigenvalue weighted by Gasteiger charge is 2.53. The Hall–Kier alpha value is -1.70. The normalized spacial score (nSPS) is 27.5. The average molecular weight is 368 g/mol. The van der Waals surface area contributed by atoms with Gasteiger partial charge in [-0.25, -0.2) is 9.97 Å². The number of amides is 1. The summed E-state index contributed by atoms with van der Waals surface area (Å²) in [4.78, 5) is 24.5. The van der Waals surface area contributed by atoms with Gasteiger partial charge in [0.05, 0.1) is 0 Å². The first-order chi connectivity index (χ1) is 12.3. The first-order valence-electron chi connectivity index (χ1n) is 9.27. The molecule has 8 heteroatoms. The van der Waals surface area contributed by atoms with Gasteiger partial charge in [-0.15, -0.1) is 0 Å². The van der Waals surface area contributed by atoms with E-state index in [4.69, 9.17) is 0 Å². The summed E-state index contributed by atoms with van der Waals surface area (Å²) < 4.78 is 38.3. The molecule has 1 unspecified atom stereocenters. The van der Waals surface area contributed by atoms with E-state index in [2.05, 4.69) is 14.9 Å². The van der Waals surface area contributed by atoms with Gasteiger partial charge in [-0.2, -0.15) is 13.2 Å². The van der Waals surface area contributed by atoms with Crippen LogP contribution in [0.4, 0.5) is 13.2 Å². The topological polar surface area (TPSA) is 49.3 Å². The number of nitrogens with zero attached hydrogens (tertiary/aromatic N) is 4. The number of carbonyl (C=O) groups is 1. The molecule has 0 N–H and O–H groups in total. The van der Waals surface area contributed by atoms with E-state index in [0.717, 1.165) is 51.6 Å². The summed E-state index contributed by atoms with van der Waals surface area (Å²) in [5.41, 5.74) is 0.503. The summed E-state index contributed by atoms with van der Waals surface area (Å²) >= 11 is 0. The van der Waals surface area contributed by atoms with Crippen LogP contribution in [0.5, 0.6) is 0 Å². The molecule has 3 aliphatic rings. The van der Waals surface area contributed by atoms with E-state index in [1.54, 1.807) is 6.92 Å². The van der Waals surface area contributed by atoms with Gasteiger partial charge < -0.3 is 4.90 Å². The molecule has 142 valence electrons. The minimum absolute atomic E-state index is 0.217. The van der Waals surface area contributed by atoms with E-state index < -0.39 is 17.5 Å². The molecule has 5 nitrogen and oxygen atoms in total. The molecule has 1 amide bonds. The molecular weight excluding hydrogens is 345 g/mol. The first-order valence-corrected chi connectivity index (χ1v) is 9.27. The lowest BCUT2D eigenvalue weighted by Gasteiger charge is -2.45. The highest BCUT2D eigenvalue weighted by Crippen LogP contribution is 2.42. The maximum Gasteiger partial charge on any atom is 0.451 e. The van der Waals surface area contributed by atoms with Crippen LogP contribution in [0.1, 0.15) is 55.6 Å². The molecule has 26 heavy (non-hydrogen) atoms. The summed E-state index contributed by atoms with van der Waals surface area (Å²) in [6.07, 6.45) is 2.49. The van der Waals surface area contributed by atoms with Gasteiger partial charge >= 0.3 is 6.18 Å². The van der Waals surface area contributed by atoms with E-state index in [-0.39, 0.29) is 5.91 Å². The number of carbonyl (C=O) groups excluding carboxylic acids is 1. The number of hydrogen-bond acceptors (Lipinski definition) is 4. The second kappa shape index (κ2) is 6.18. The fourth-order valence-electron chi connectivity index (χ4n) is 4.43. The number of halogens is 3. The number of hydrogen-bond donors (Lipinski definition) is 0. The molecular formula is C18H23F3N4O. The first kappa shape index (κ1) is 17.7. The van der Waals surface area contributed by atoms with E-state index >= 15 is 0 Å². The summed E-state index contributed by atoms with van der Waals surface area (Å²) in [6.45, 7) is 3.62. The van der Waals surface area contributed by atoms with Crippen LogP contribution >= 0.6 is 0 Å². The Morgan fingerprint density at radius 3 is 2.54 bits per heavy atom. The van der Waals surface area contributed by atoms with Crippen molar-refractivity contribution in [2.24, 2.45) is 0 Å². The molecule has 0 aromatic carbocycles. The van der Waals surface area contributed by atoms with Crippen LogP contribution in [0, 0.1) is 6.92 Å². The van der Waals surface area contributed by atoms with Gasteiger partial charge in [0, 0.05) is 36.6 Å². The van der Waals surface area contributed by atoms with Crippen LogP contribution in [0.25, 0.3) is 0 Å². The zero-order valence-electron chi connectivity index (χ0n) is 14.8. The summed E-state index contributed by atoms with van der Waals surface area (Å²) in [5.74, 6) is -0.891. The number of aryl methyl sites for hydroxylation is 1. The third-order valence-electron chi connectivity index (χ3n) is 5.96. The molecule has 1 saturated carbocycles. The lowest BCUT2D eigenvalue weighted by Crippen LogP contribution is -2.60. The van der Waals surface area contributed by atoms with Crippen LogP contribution in [0.3, 0.4) is 0 Å². The molecule has 1 atom stereocenters. The van der Waals surface area contributed by atoms with Gasteiger partial charge in [-0.05, 0) is 52.0 Å². The van der Waals surface area contributed by atoms with Gasteiger partial charge in [0.1, 0.15) is 5.54 Å². The Balaban J connectivity index is 1.57. The van der Waals surface area contributed by atoms with Crippen molar-refractivity contribution < 1.29 is 18.0 Å². The van der Waals surface area contributed by atoms with Crippen LogP contribution in [-0.4, -0.2) is 50.3 Å². The highest BCUT2D eigenvalue weighted by molar-refractivity contribution is 5.88. The van der Waals surface area contributed by atoms with Crippen molar-refractivity contribution in [3.8, 4) is 0 Å². The lowest BCUT2D eigenvalue weighted by molar-refractivity contribution is -0.148. The molecule has 1 aromatic rings. The maximum absolute atomic E-state index is 13.2. The molecule has 2 saturated heterocycles. The quantitative estimate of drug-likeness (QED) is 0.823. The van der Waals surface area contributed by atoms with Crippen LogP contribution in [0.15, 0.2) is 6.20 Å². The van der Waals surface area contributed by atoms with Crippen molar-refractivity contribution in [1.82, 2.24) is 19.8 Å². The van der Waals surface area contributed by atoms with Crippen LogP contribution in [-0.2, 0) is 17.5 Å². The Labute approximate surface area is 150 Å². The molecule has 3 fully saturated rings. The molecule has 1 aliphatic carbocycles. The van der Waals surface area contributed by atoms with Crippen LogP contribution in [0.2, 0.25) is 0 Å². The Morgan fingerprint density at radius 1 is 1.23 bits per heavy atom. The monoisotopic (exact) mass is 368 g/mol. The molecule has 1 aromatic heterocycles. The highest BCUT2D eigenvalue weighted by atomic mass is 19.4. The zero-order valence-corrected chi connectivity index (χ0v) is 14.8. The van der Waals surface area contributed by atoms with Crippen molar-refractivity contribution in [1.29, 1.82) is 0 Å². The number of likely N-dealkylation sites (tertiary alicyclic amines) is 2. The van der Waals surface area contributed by atoms with E-state index in [0.29, 0.717) is 23.8 Å². The van der Waals surface area contributed by atoms with Crippen molar-refractivity contribution in [2.75, 3.05) is 13.1 Å². The summed E-state index contributed by atoms with van der Waals surface area (Å²) in [7, 11) is 0. The van der Waals surface area contributed by atoms with Crippen molar-refractivity contribution in [3.63, 3.8) is 0 Å². The fraction of sp³-hybridized carbons (Fsp3) is 0.722. The van der Waals surface area contributed by atoms with E-state index in [1.165, 1.54) is 6.20 Å². The zero-order chi connectivity index (χ0) is 18.5. The average Bonchev–Trinajstić information content (AvgIpc) is 3.34. The van der Waals surface area contributed by atoms with Crippen molar-refractivity contribution in [2.45, 2.75) is 69.8 Å². The predicted octanol–water partition coefficient (Wildman–Crippen LogP) is 2.92. The second-order valence-electron chi connectivity index (χ2n) is 7.69. The van der Waals surface area contributed by atoms with Crippen molar-refractivity contribution >= 4 is 5.91 Å². The van der Waals surface area contributed by atoms with Gasteiger partial charge in [0.25, 0.3) is 0 Å².